The van der Waals surface area contributed by atoms with Crippen LogP contribution in [0.3, 0.4) is 0 Å². The minimum Gasteiger partial charge on any atom is -0.479 e. The third-order valence-corrected chi connectivity index (χ3v) is 2.42. The van der Waals surface area contributed by atoms with Gasteiger partial charge in [-0.3, -0.25) is 0 Å². The van der Waals surface area contributed by atoms with Crippen LogP contribution in [-0.4, -0.2) is 23.3 Å². The van der Waals surface area contributed by atoms with Crippen molar-refractivity contribution in [2.45, 2.75) is 44.6 Å². The van der Waals surface area contributed by atoms with Crippen LogP contribution >= 0.6 is 0 Å². The number of aliphatic carboxylic acids is 1. The quantitative estimate of drug-likeness (QED) is 0.656. The van der Waals surface area contributed by atoms with E-state index in [4.69, 9.17) is 9.84 Å². The Balaban J connectivity index is 2.54. The number of hydrogen-bond donors (Lipinski definition) is 1. The zero-order chi connectivity index (χ0) is 9.03. The molecule has 1 rings (SSSR count). The second-order valence-electron chi connectivity index (χ2n) is 3.55. The maximum absolute atomic E-state index is 10.8. The van der Waals surface area contributed by atoms with Gasteiger partial charge in [0.15, 0.2) is 5.60 Å². The first-order valence-corrected chi connectivity index (χ1v) is 4.52. The summed E-state index contributed by atoms with van der Waals surface area (Å²) in [6, 6.07) is 0. The van der Waals surface area contributed by atoms with E-state index < -0.39 is 11.6 Å². The number of hydrogen-bond acceptors (Lipinski definition) is 2. The van der Waals surface area contributed by atoms with Crippen LogP contribution in [0.5, 0.6) is 0 Å². The Kier molecular flexibility index (Phi) is 3.09. The van der Waals surface area contributed by atoms with Crippen molar-refractivity contribution in [3.8, 4) is 0 Å². The van der Waals surface area contributed by atoms with E-state index >= 15 is 0 Å². The normalized spacial score (nSPS) is 32.1. The average molecular weight is 172 g/mol. The predicted molar refractivity (Wildman–Crippen MR) is 45.1 cm³/mol. The second-order valence-corrected chi connectivity index (χ2v) is 3.55. The second kappa shape index (κ2) is 3.90. The molecule has 1 atom stereocenters. The molecule has 3 nitrogen and oxygen atoms in total. The molecule has 0 aromatic heterocycles. The van der Waals surface area contributed by atoms with Crippen molar-refractivity contribution in [2.75, 3.05) is 6.61 Å². The van der Waals surface area contributed by atoms with Gasteiger partial charge < -0.3 is 9.84 Å². The summed E-state index contributed by atoms with van der Waals surface area (Å²) in [7, 11) is 0. The van der Waals surface area contributed by atoms with E-state index in [0.29, 0.717) is 13.0 Å². The summed E-state index contributed by atoms with van der Waals surface area (Å²) < 4.78 is 5.33. The number of carboxylic acid groups (broad SMARTS) is 1. The zero-order valence-corrected chi connectivity index (χ0v) is 7.51. The summed E-state index contributed by atoms with van der Waals surface area (Å²) >= 11 is 0. The van der Waals surface area contributed by atoms with Gasteiger partial charge in [-0.1, -0.05) is 12.8 Å². The third kappa shape index (κ3) is 2.21. The molecule has 1 fully saturated rings. The Hall–Kier alpha value is -0.570. The molecule has 0 saturated carbocycles. The first kappa shape index (κ1) is 9.52. The lowest BCUT2D eigenvalue weighted by atomic mass is 9.96. The van der Waals surface area contributed by atoms with E-state index in [1.807, 2.05) is 0 Å². The van der Waals surface area contributed by atoms with E-state index in [9.17, 15) is 4.79 Å². The highest BCUT2D eigenvalue weighted by Crippen LogP contribution is 2.23. The molecule has 3 heteroatoms. The van der Waals surface area contributed by atoms with Gasteiger partial charge in [-0.15, -0.1) is 0 Å². The van der Waals surface area contributed by atoms with E-state index in [0.717, 1.165) is 25.7 Å². The molecule has 1 saturated heterocycles. The van der Waals surface area contributed by atoms with E-state index in [-0.39, 0.29) is 0 Å². The van der Waals surface area contributed by atoms with Crippen LogP contribution in [0, 0.1) is 0 Å². The molecule has 12 heavy (non-hydrogen) atoms. The van der Waals surface area contributed by atoms with E-state index in [1.165, 1.54) is 0 Å². The fourth-order valence-corrected chi connectivity index (χ4v) is 1.46. The summed E-state index contributed by atoms with van der Waals surface area (Å²) in [4.78, 5) is 10.8. The molecule has 0 aromatic rings. The van der Waals surface area contributed by atoms with Crippen molar-refractivity contribution in [3.63, 3.8) is 0 Å². The van der Waals surface area contributed by atoms with Crippen LogP contribution in [0.4, 0.5) is 0 Å². The maximum Gasteiger partial charge on any atom is 0.335 e. The Morgan fingerprint density at radius 3 is 2.67 bits per heavy atom. The van der Waals surface area contributed by atoms with Gasteiger partial charge in [0.1, 0.15) is 0 Å². The molecule has 70 valence electrons. The fourth-order valence-electron chi connectivity index (χ4n) is 1.46. The monoisotopic (exact) mass is 172 g/mol. The molecule has 1 heterocycles. The minimum atomic E-state index is -0.930. The summed E-state index contributed by atoms with van der Waals surface area (Å²) in [5, 5.41) is 8.89. The van der Waals surface area contributed by atoms with Gasteiger partial charge in [-0.25, -0.2) is 4.79 Å². The van der Waals surface area contributed by atoms with Gasteiger partial charge >= 0.3 is 5.97 Å². The highest BCUT2D eigenvalue weighted by atomic mass is 16.5. The summed E-state index contributed by atoms with van der Waals surface area (Å²) in [6.07, 6.45) is 4.88. The van der Waals surface area contributed by atoms with Gasteiger partial charge in [-0.2, -0.15) is 0 Å². The summed E-state index contributed by atoms with van der Waals surface area (Å²) in [5.74, 6) is -0.829. The lowest BCUT2D eigenvalue weighted by Crippen LogP contribution is -2.39. The van der Waals surface area contributed by atoms with Crippen LogP contribution in [0.25, 0.3) is 0 Å². The highest BCUT2D eigenvalue weighted by molar-refractivity contribution is 5.76. The van der Waals surface area contributed by atoms with E-state index in [1.54, 1.807) is 6.92 Å². The molecule has 0 amide bonds. The highest BCUT2D eigenvalue weighted by Gasteiger charge is 2.33. The molecule has 0 radical (unpaired) electrons. The number of carboxylic acids is 1. The van der Waals surface area contributed by atoms with Gasteiger partial charge in [0, 0.05) is 6.61 Å². The summed E-state index contributed by atoms with van der Waals surface area (Å²) in [5.41, 5.74) is -0.930. The SMILES string of the molecule is CC1(C(=O)O)CCCCCCO1. The molecule has 0 aliphatic carbocycles. The number of rotatable bonds is 1. The van der Waals surface area contributed by atoms with Crippen LogP contribution in [0.15, 0.2) is 0 Å². The van der Waals surface area contributed by atoms with Gasteiger partial charge in [0.2, 0.25) is 0 Å². The molecule has 1 aliphatic rings. The van der Waals surface area contributed by atoms with Gasteiger partial charge in [-0.05, 0) is 26.2 Å². The molecule has 1 aliphatic heterocycles. The number of ether oxygens (including phenoxy) is 1. The lowest BCUT2D eigenvalue weighted by Gasteiger charge is -2.27. The largest absolute Gasteiger partial charge is 0.479 e. The van der Waals surface area contributed by atoms with Crippen molar-refractivity contribution in [2.24, 2.45) is 0 Å². The van der Waals surface area contributed by atoms with Crippen molar-refractivity contribution >= 4 is 5.97 Å². The van der Waals surface area contributed by atoms with Crippen LogP contribution in [0.2, 0.25) is 0 Å². The minimum absolute atomic E-state index is 0.586. The van der Waals surface area contributed by atoms with Crippen molar-refractivity contribution < 1.29 is 14.6 Å². The first-order chi connectivity index (χ1) is 5.65. The van der Waals surface area contributed by atoms with Crippen LogP contribution in [0.1, 0.15) is 39.0 Å². The Bertz CT molecular complexity index is 157. The van der Waals surface area contributed by atoms with Crippen molar-refractivity contribution in [1.82, 2.24) is 0 Å². The lowest BCUT2D eigenvalue weighted by molar-refractivity contribution is -0.165. The topological polar surface area (TPSA) is 46.5 Å². The fraction of sp³-hybridized carbons (Fsp3) is 0.889. The van der Waals surface area contributed by atoms with Gasteiger partial charge in [0.25, 0.3) is 0 Å². The molecule has 1 unspecified atom stereocenters. The molecule has 1 N–H and O–H groups in total. The van der Waals surface area contributed by atoms with Crippen molar-refractivity contribution in [3.05, 3.63) is 0 Å². The first-order valence-electron chi connectivity index (χ1n) is 4.52. The zero-order valence-electron chi connectivity index (χ0n) is 7.51. The molecule has 0 bridgehead atoms. The Labute approximate surface area is 72.7 Å². The molecule has 0 spiro atoms. The number of carbonyl (C=O) groups is 1. The predicted octanol–water partition coefficient (Wildman–Crippen LogP) is 1.81. The third-order valence-electron chi connectivity index (χ3n) is 2.42. The van der Waals surface area contributed by atoms with E-state index in [2.05, 4.69) is 0 Å². The molecule has 0 aromatic carbocycles. The molecular formula is C9H16O3. The Morgan fingerprint density at radius 2 is 2.00 bits per heavy atom. The van der Waals surface area contributed by atoms with Crippen molar-refractivity contribution in [1.29, 1.82) is 0 Å². The Morgan fingerprint density at radius 1 is 1.33 bits per heavy atom. The molecular weight excluding hydrogens is 156 g/mol. The summed E-state index contributed by atoms with van der Waals surface area (Å²) in [6.45, 7) is 2.25. The van der Waals surface area contributed by atoms with Gasteiger partial charge in [0.05, 0.1) is 0 Å². The van der Waals surface area contributed by atoms with Crippen LogP contribution < -0.4 is 0 Å². The maximum atomic E-state index is 10.8. The standard InChI is InChI=1S/C9H16O3/c1-9(8(10)11)6-4-2-3-5-7-12-9/h2-7H2,1H3,(H,10,11). The average Bonchev–Trinajstić information content (AvgIpc) is 1.97. The van der Waals surface area contributed by atoms with Crippen LogP contribution in [-0.2, 0) is 9.53 Å². The smallest absolute Gasteiger partial charge is 0.335 e.